The van der Waals surface area contributed by atoms with Crippen LogP contribution in [0, 0.1) is 0 Å². The van der Waals surface area contributed by atoms with E-state index in [0.717, 1.165) is 0 Å². The molecule has 0 N–H and O–H groups in total. The van der Waals surface area contributed by atoms with Gasteiger partial charge in [-0.25, -0.2) is 0 Å². The van der Waals surface area contributed by atoms with Crippen molar-refractivity contribution in [3.05, 3.63) is 65.3 Å². The fourth-order valence-electron chi connectivity index (χ4n) is 2.73. The number of unbranched alkanes of at least 4 members (excludes halogenated alkanes) is 2. The third-order valence-corrected chi connectivity index (χ3v) is 4.08. The second-order valence-electron chi connectivity index (χ2n) is 5.94. The summed E-state index contributed by atoms with van der Waals surface area (Å²) < 4.78 is 0. The molecule has 0 nitrogen and oxygen atoms in total. The lowest BCUT2D eigenvalue weighted by atomic mass is 9.99. The fourth-order valence-corrected chi connectivity index (χ4v) is 2.73. The lowest BCUT2D eigenvalue weighted by Gasteiger charge is -2.07. The minimum atomic E-state index is 1.21. The molecule has 2 rings (SSSR count). The number of allylic oxidation sites excluding steroid dienone is 5. The van der Waals surface area contributed by atoms with Crippen molar-refractivity contribution in [3.63, 3.8) is 0 Å². The lowest BCUT2D eigenvalue weighted by molar-refractivity contribution is 0.712. The summed E-state index contributed by atoms with van der Waals surface area (Å²) in [6, 6.07) is 8.99. The van der Waals surface area contributed by atoms with E-state index in [2.05, 4.69) is 61.6 Å². The van der Waals surface area contributed by atoms with Crippen molar-refractivity contribution in [3.8, 4) is 0 Å². The quantitative estimate of drug-likeness (QED) is 0.395. The third kappa shape index (κ3) is 6.16. The number of rotatable bonds is 7. The molecule has 0 radical (unpaired) electrons. The maximum atomic E-state index is 2.37. The first-order valence-electron chi connectivity index (χ1n) is 8.51. The molecule has 0 aliphatic heterocycles. The topological polar surface area (TPSA) is 0 Å². The normalized spacial score (nSPS) is 15.8. The Labute approximate surface area is 130 Å². The Kier molecular flexibility index (Phi) is 7.07. The van der Waals surface area contributed by atoms with E-state index in [4.69, 9.17) is 0 Å². The van der Waals surface area contributed by atoms with Crippen LogP contribution in [-0.4, -0.2) is 0 Å². The van der Waals surface area contributed by atoms with Gasteiger partial charge in [0.2, 0.25) is 0 Å². The molecule has 21 heavy (non-hydrogen) atoms. The number of aryl methyl sites for hydroxylation is 1. The van der Waals surface area contributed by atoms with Crippen LogP contribution >= 0.6 is 0 Å². The highest BCUT2D eigenvalue weighted by Gasteiger charge is 1.98. The third-order valence-electron chi connectivity index (χ3n) is 4.08. The average molecular weight is 280 g/mol. The molecule has 0 saturated carbocycles. The van der Waals surface area contributed by atoms with Gasteiger partial charge < -0.3 is 0 Å². The van der Waals surface area contributed by atoms with Gasteiger partial charge in [-0.15, -0.1) is 0 Å². The predicted molar refractivity (Wildman–Crippen MR) is 94.4 cm³/mol. The Bertz CT molecular complexity index is 485. The van der Waals surface area contributed by atoms with Gasteiger partial charge in [0.1, 0.15) is 0 Å². The van der Waals surface area contributed by atoms with E-state index in [9.17, 15) is 0 Å². The van der Waals surface area contributed by atoms with Crippen molar-refractivity contribution in [1.82, 2.24) is 0 Å². The molecule has 0 bridgehead atoms. The highest BCUT2D eigenvalue weighted by molar-refractivity contribution is 5.51. The van der Waals surface area contributed by atoms with Gasteiger partial charge in [0.15, 0.2) is 0 Å². The fraction of sp³-hybridized carbons (Fsp3) is 0.429. The second-order valence-corrected chi connectivity index (χ2v) is 5.94. The van der Waals surface area contributed by atoms with Crippen LogP contribution in [0.1, 0.15) is 63.0 Å². The molecule has 0 aromatic heterocycles. The van der Waals surface area contributed by atoms with E-state index >= 15 is 0 Å². The van der Waals surface area contributed by atoms with Crippen molar-refractivity contribution in [2.45, 2.75) is 58.3 Å². The maximum Gasteiger partial charge on any atom is -0.0256 e. The first-order chi connectivity index (χ1) is 10.4. The van der Waals surface area contributed by atoms with Gasteiger partial charge >= 0.3 is 0 Å². The molecular weight excluding hydrogens is 252 g/mol. The summed E-state index contributed by atoms with van der Waals surface area (Å²) in [6.45, 7) is 2.25. The molecule has 0 spiro atoms. The Morgan fingerprint density at radius 3 is 2.48 bits per heavy atom. The summed E-state index contributed by atoms with van der Waals surface area (Å²) in [5, 5.41) is 0. The van der Waals surface area contributed by atoms with Crippen molar-refractivity contribution in [2.75, 3.05) is 0 Å². The Balaban J connectivity index is 1.80. The molecule has 0 heteroatoms. The van der Waals surface area contributed by atoms with Crippen molar-refractivity contribution < 1.29 is 0 Å². The smallest absolute Gasteiger partial charge is 0.0256 e. The Hall–Kier alpha value is -1.56. The zero-order chi connectivity index (χ0) is 14.8. The van der Waals surface area contributed by atoms with Crippen molar-refractivity contribution >= 4 is 6.08 Å². The van der Waals surface area contributed by atoms with Crippen molar-refractivity contribution in [1.29, 1.82) is 0 Å². The molecule has 0 amide bonds. The van der Waals surface area contributed by atoms with Crippen LogP contribution in [0.25, 0.3) is 6.08 Å². The van der Waals surface area contributed by atoms with Gasteiger partial charge in [0.05, 0.1) is 0 Å². The highest BCUT2D eigenvalue weighted by atomic mass is 14.0. The lowest BCUT2D eigenvalue weighted by Crippen LogP contribution is -1.87. The Morgan fingerprint density at radius 2 is 1.76 bits per heavy atom. The summed E-state index contributed by atoms with van der Waals surface area (Å²) in [4.78, 5) is 0. The number of hydrogen-bond acceptors (Lipinski definition) is 0. The minimum absolute atomic E-state index is 1.21. The van der Waals surface area contributed by atoms with E-state index < -0.39 is 0 Å². The molecule has 1 aromatic carbocycles. The molecule has 0 heterocycles. The van der Waals surface area contributed by atoms with E-state index in [1.54, 1.807) is 0 Å². The molecular formula is C21H28. The molecule has 0 unspecified atom stereocenters. The van der Waals surface area contributed by atoms with E-state index in [0.29, 0.717) is 0 Å². The zero-order valence-corrected chi connectivity index (χ0v) is 13.4. The largest absolute Gasteiger partial charge is 0.0813 e. The molecule has 1 aliphatic rings. The van der Waals surface area contributed by atoms with Crippen LogP contribution in [0.4, 0.5) is 0 Å². The van der Waals surface area contributed by atoms with Crippen LogP contribution in [-0.2, 0) is 6.42 Å². The standard InChI is InChI=1S/C21H28/c1-2-3-5-10-20-15-17-21(18-16-20)14-9-8-13-19-11-6-4-7-12-19/h8-9,11,13-18H,2-7,10,12H2,1H3/b13-8+,14-9+. The van der Waals surface area contributed by atoms with Crippen LogP contribution in [0.5, 0.6) is 0 Å². The zero-order valence-electron chi connectivity index (χ0n) is 13.4. The van der Waals surface area contributed by atoms with Gasteiger partial charge in [0, 0.05) is 0 Å². The van der Waals surface area contributed by atoms with Crippen LogP contribution in [0.15, 0.2) is 54.1 Å². The highest BCUT2D eigenvalue weighted by Crippen LogP contribution is 2.18. The Morgan fingerprint density at radius 1 is 0.952 bits per heavy atom. The van der Waals surface area contributed by atoms with Crippen LogP contribution < -0.4 is 0 Å². The summed E-state index contributed by atoms with van der Waals surface area (Å²) in [7, 11) is 0. The first kappa shape index (κ1) is 15.8. The number of benzene rings is 1. The summed E-state index contributed by atoms with van der Waals surface area (Å²) >= 11 is 0. The van der Waals surface area contributed by atoms with Gasteiger partial charge in [-0.2, -0.15) is 0 Å². The van der Waals surface area contributed by atoms with E-state index in [-0.39, 0.29) is 0 Å². The SMILES string of the molecule is CCCCCc1ccc(/C=C/C=C/C2=CCCCC2)cc1. The van der Waals surface area contributed by atoms with Gasteiger partial charge in [-0.3, -0.25) is 0 Å². The summed E-state index contributed by atoms with van der Waals surface area (Å²) in [5.41, 5.74) is 4.25. The van der Waals surface area contributed by atoms with Crippen LogP contribution in [0.2, 0.25) is 0 Å². The number of hydrogen-bond donors (Lipinski definition) is 0. The molecule has 112 valence electrons. The average Bonchev–Trinajstić information content (AvgIpc) is 2.54. The summed E-state index contributed by atoms with van der Waals surface area (Å²) in [5.74, 6) is 0. The van der Waals surface area contributed by atoms with Crippen molar-refractivity contribution in [2.24, 2.45) is 0 Å². The summed E-state index contributed by atoms with van der Waals surface area (Å²) in [6.07, 6.45) is 21.5. The van der Waals surface area contributed by atoms with Gasteiger partial charge in [-0.05, 0) is 49.7 Å². The first-order valence-corrected chi connectivity index (χ1v) is 8.51. The van der Waals surface area contributed by atoms with Crippen LogP contribution in [0.3, 0.4) is 0 Å². The molecule has 0 fully saturated rings. The molecule has 1 aliphatic carbocycles. The predicted octanol–water partition coefficient (Wildman–Crippen LogP) is 6.49. The molecule has 1 aromatic rings. The van der Waals surface area contributed by atoms with E-state index in [1.165, 1.54) is 68.1 Å². The monoisotopic (exact) mass is 280 g/mol. The maximum absolute atomic E-state index is 2.37. The molecule has 0 atom stereocenters. The van der Waals surface area contributed by atoms with Gasteiger partial charge in [0.25, 0.3) is 0 Å². The minimum Gasteiger partial charge on any atom is -0.0813 e. The van der Waals surface area contributed by atoms with Gasteiger partial charge in [-0.1, -0.05) is 80.0 Å². The second kappa shape index (κ2) is 9.39. The molecule has 0 saturated heterocycles. The van der Waals surface area contributed by atoms with E-state index in [1.807, 2.05) is 0 Å².